The van der Waals surface area contributed by atoms with Gasteiger partial charge in [0.1, 0.15) is 19.7 Å². The van der Waals surface area contributed by atoms with Crippen molar-refractivity contribution in [2.24, 2.45) is 10.8 Å². The molecule has 0 N–H and O–H groups in total. The number of terminal acetylenes is 1. The van der Waals surface area contributed by atoms with E-state index in [1.165, 1.54) is 0 Å². The van der Waals surface area contributed by atoms with Gasteiger partial charge in [-0.3, -0.25) is 9.59 Å². The van der Waals surface area contributed by atoms with Crippen LogP contribution in [0.4, 0.5) is 0 Å². The van der Waals surface area contributed by atoms with E-state index in [1.54, 1.807) is 34.9 Å². The fourth-order valence-corrected chi connectivity index (χ4v) is 2.40. The van der Waals surface area contributed by atoms with Gasteiger partial charge < -0.3 is 23.9 Å². The van der Waals surface area contributed by atoms with Gasteiger partial charge in [0, 0.05) is 0 Å². The summed E-state index contributed by atoms with van der Waals surface area (Å²) in [6, 6.07) is 0. The molecule has 7 heteroatoms. The maximum Gasteiger partial charge on any atom is 0.312 e. The van der Waals surface area contributed by atoms with E-state index in [1.807, 2.05) is 6.92 Å². The van der Waals surface area contributed by atoms with Gasteiger partial charge in [-0.05, 0) is 40.0 Å². The summed E-state index contributed by atoms with van der Waals surface area (Å²) in [7, 11) is 3.46. The molecule has 0 fully saturated rings. The van der Waals surface area contributed by atoms with Crippen LogP contribution in [0.2, 0.25) is 0 Å². The van der Waals surface area contributed by atoms with Crippen molar-refractivity contribution < 1.29 is 33.4 Å². The monoisotopic (exact) mass is 383 g/mol. The number of esters is 2. The van der Waals surface area contributed by atoms with Crippen LogP contribution in [0.25, 0.3) is 0 Å². The molecule has 0 radical (unpaired) electrons. The lowest BCUT2D eigenvalue weighted by Crippen LogP contribution is -2.50. The van der Waals surface area contributed by atoms with Crippen LogP contribution in [0.15, 0.2) is 0 Å². The van der Waals surface area contributed by atoms with Crippen LogP contribution in [0.1, 0.15) is 47.0 Å². The number of carboxylic acid groups (broad SMARTS) is 1. The summed E-state index contributed by atoms with van der Waals surface area (Å²) >= 11 is 0. The number of rotatable bonds is 12. The Hall–Kier alpha value is -2.07. The Bertz CT molecular complexity index is 576. The van der Waals surface area contributed by atoms with Crippen molar-refractivity contribution in [2.75, 3.05) is 40.4 Å². The molecule has 0 aromatic heterocycles. The lowest BCUT2D eigenvalue weighted by atomic mass is 9.76. The standard InChI is InChI=1S/C20H33NO6/c1-8-13-26-17(24)19(3,4)10-11-20(5,9-2)18(25)27-14-12-21(6,7)15-16(22)23/h1H,9-15H2,2-7H3. The van der Waals surface area contributed by atoms with E-state index in [2.05, 4.69) is 5.92 Å². The molecule has 0 aliphatic heterocycles. The Morgan fingerprint density at radius 1 is 1.07 bits per heavy atom. The van der Waals surface area contributed by atoms with E-state index in [4.69, 9.17) is 15.9 Å². The number of carboxylic acids is 1. The number of hydrogen-bond donors (Lipinski definition) is 0. The molecule has 0 aliphatic carbocycles. The van der Waals surface area contributed by atoms with Gasteiger partial charge in [-0.15, -0.1) is 6.42 Å². The number of carbonyl (C=O) groups is 3. The molecule has 1 unspecified atom stereocenters. The first kappa shape index (κ1) is 24.9. The number of ether oxygens (including phenoxy) is 2. The topological polar surface area (TPSA) is 92.7 Å². The quantitative estimate of drug-likeness (QED) is 0.281. The van der Waals surface area contributed by atoms with Gasteiger partial charge in [-0.2, -0.15) is 0 Å². The molecule has 0 saturated carbocycles. The van der Waals surface area contributed by atoms with Crippen LogP contribution < -0.4 is 5.11 Å². The number of quaternary nitrogens is 1. The SMILES string of the molecule is C#CCOC(=O)C(C)(C)CCC(C)(CC)C(=O)OCC[N+](C)(C)CC(=O)[O-]. The molecule has 0 aromatic carbocycles. The largest absolute Gasteiger partial charge is 0.544 e. The zero-order valence-electron chi connectivity index (χ0n) is 17.4. The molecule has 0 aliphatic rings. The van der Waals surface area contributed by atoms with Crippen molar-refractivity contribution in [2.45, 2.75) is 47.0 Å². The minimum absolute atomic E-state index is 0.0742. The third-order valence-electron chi connectivity index (χ3n) is 4.90. The van der Waals surface area contributed by atoms with Gasteiger partial charge in [0.05, 0.1) is 30.9 Å². The maximum absolute atomic E-state index is 12.6. The molecule has 0 aromatic rings. The molecule has 0 bridgehead atoms. The Morgan fingerprint density at radius 3 is 2.15 bits per heavy atom. The van der Waals surface area contributed by atoms with Gasteiger partial charge in [0.2, 0.25) is 0 Å². The van der Waals surface area contributed by atoms with Gasteiger partial charge >= 0.3 is 11.9 Å². The van der Waals surface area contributed by atoms with Crippen molar-refractivity contribution in [3.05, 3.63) is 0 Å². The van der Waals surface area contributed by atoms with E-state index in [-0.39, 0.29) is 30.2 Å². The van der Waals surface area contributed by atoms with Crippen LogP contribution in [-0.4, -0.2) is 62.8 Å². The second kappa shape index (κ2) is 10.3. The first-order valence-corrected chi connectivity index (χ1v) is 9.09. The zero-order valence-corrected chi connectivity index (χ0v) is 17.4. The Labute approximate surface area is 162 Å². The Balaban J connectivity index is 4.73. The van der Waals surface area contributed by atoms with Crippen molar-refractivity contribution in [3.63, 3.8) is 0 Å². The average molecular weight is 383 g/mol. The molecule has 27 heavy (non-hydrogen) atoms. The molecule has 0 heterocycles. The van der Waals surface area contributed by atoms with Crippen LogP contribution >= 0.6 is 0 Å². The molecule has 0 saturated heterocycles. The molecule has 154 valence electrons. The van der Waals surface area contributed by atoms with Crippen LogP contribution in [0, 0.1) is 23.2 Å². The van der Waals surface area contributed by atoms with Gasteiger partial charge in [0.15, 0.2) is 6.61 Å². The first-order chi connectivity index (χ1) is 12.3. The summed E-state index contributed by atoms with van der Waals surface area (Å²) < 4.78 is 10.6. The number of carbonyl (C=O) groups excluding carboxylic acids is 3. The number of likely N-dealkylation sites (N-methyl/N-ethyl adjacent to an activating group) is 1. The van der Waals surface area contributed by atoms with E-state index < -0.39 is 22.8 Å². The third-order valence-corrected chi connectivity index (χ3v) is 4.90. The Kier molecular flexibility index (Phi) is 9.52. The van der Waals surface area contributed by atoms with Gasteiger partial charge in [-0.1, -0.05) is 12.8 Å². The number of hydrogen-bond acceptors (Lipinski definition) is 6. The molecule has 0 rings (SSSR count). The average Bonchev–Trinajstić information content (AvgIpc) is 2.55. The number of nitrogens with zero attached hydrogens (tertiary/aromatic N) is 1. The molecule has 0 amide bonds. The first-order valence-electron chi connectivity index (χ1n) is 9.09. The molecule has 7 nitrogen and oxygen atoms in total. The van der Waals surface area contributed by atoms with Crippen molar-refractivity contribution >= 4 is 17.9 Å². The third kappa shape index (κ3) is 8.91. The lowest BCUT2D eigenvalue weighted by molar-refractivity contribution is -0.884. The maximum atomic E-state index is 12.6. The van der Waals surface area contributed by atoms with E-state index >= 15 is 0 Å². The smallest absolute Gasteiger partial charge is 0.312 e. The van der Waals surface area contributed by atoms with E-state index in [9.17, 15) is 19.5 Å². The summed E-state index contributed by atoms with van der Waals surface area (Å²) in [6.45, 7) is 7.46. The molecule has 1 atom stereocenters. The molecular weight excluding hydrogens is 350 g/mol. The van der Waals surface area contributed by atoms with Crippen LogP contribution in [0.3, 0.4) is 0 Å². The van der Waals surface area contributed by atoms with Gasteiger partial charge in [0.25, 0.3) is 0 Å². The van der Waals surface area contributed by atoms with E-state index in [0.717, 1.165) is 0 Å². The zero-order chi connectivity index (χ0) is 21.3. The van der Waals surface area contributed by atoms with Crippen LogP contribution in [-0.2, 0) is 23.9 Å². The highest BCUT2D eigenvalue weighted by Crippen LogP contribution is 2.35. The second-order valence-corrected chi connectivity index (χ2v) is 8.40. The molecule has 0 spiro atoms. The highest BCUT2D eigenvalue weighted by molar-refractivity contribution is 5.77. The normalized spacial score (nSPS) is 14.0. The number of aliphatic carboxylic acids is 1. The summed E-state index contributed by atoms with van der Waals surface area (Å²) in [5.74, 6) is 0.361. The highest BCUT2D eigenvalue weighted by Gasteiger charge is 2.38. The fraction of sp³-hybridized carbons (Fsp3) is 0.750. The lowest BCUT2D eigenvalue weighted by Gasteiger charge is -2.32. The second-order valence-electron chi connectivity index (χ2n) is 8.40. The minimum atomic E-state index is -1.15. The minimum Gasteiger partial charge on any atom is -0.544 e. The molecular formula is C20H33NO6. The predicted octanol–water partition coefficient (Wildman–Crippen LogP) is 0.755. The van der Waals surface area contributed by atoms with Crippen molar-refractivity contribution in [3.8, 4) is 12.3 Å². The van der Waals surface area contributed by atoms with E-state index in [0.29, 0.717) is 25.8 Å². The fourth-order valence-electron chi connectivity index (χ4n) is 2.40. The summed E-state index contributed by atoms with van der Waals surface area (Å²) in [4.78, 5) is 35.4. The van der Waals surface area contributed by atoms with Crippen molar-refractivity contribution in [1.82, 2.24) is 0 Å². The summed E-state index contributed by atoms with van der Waals surface area (Å²) in [5, 5.41) is 10.7. The van der Waals surface area contributed by atoms with Crippen molar-refractivity contribution in [1.29, 1.82) is 0 Å². The summed E-state index contributed by atoms with van der Waals surface area (Å²) in [6.07, 6.45) is 6.56. The van der Waals surface area contributed by atoms with Gasteiger partial charge in [-0.25, -0.2) is 0 Å². The van der Waals surface area contributed by atoms with Crippen LogP contribution in [0.5, 0.6) is 0 Å². The summed E-state index contributed by atoms with van der Waals surface area (Å²) in [5.41, 5.74) is -1.50. The highest BCUT2D eigenvalue weighted by atomic mass is 16.5. The Morgan fingerprint density at radius 2 is 1.67 bits per heavy atom. The predicted molar refractivity (Wildman–Crippen MR) is 99.0 cm³/mol.